The summed E-state index contributed by atoms with van der Waals surface area (Å²) in [4.78, 5) is 18.2. The molecule has 3 rings (SSSR count). The standard InChI is InChI=1S/C11H5BrClN5O3/c12-6-1-7(18(19)20)3-8(2-6)21-10-4-9(13)16-11-14-5-15-17(10)11/h1-5H. The molecule has 0 amide bonds. The van der Waals surface area contributed by atoms with Gasteiger partial charge in [-0.25, -0.2) is 0 Å². The lowest BCUT2D eigenvalue weighted by molar-refractivity contribution is -0.385. The number of nitro groups is 1. The number of ether oxygens (including phenoxy) is 1. The molecule has 10 heteroatoms. The highest BCUT2D eigenvalue weighted by Gasteiger charge is 2.13. The van der Waals surface area contributed by atoms with E-state index in [0.29, 0.717) is 4.47 Å². The van der Waals surface area contributed by atoms with Crippen LogP contribution in [0.5, 0.6) is 11.6 Å². The number of nitrogens with zero attached hydrogens (tertiary/aromatic N) is 5. The Kier molecular flexibility index (Phi) is 3.43. The molecule has 0 fully saturated rings. The van der Waals surface area contributed by atoms with Gasteiger partial charge in [-0.3, -0.25) is 10.1 Å². The van der Waals surface area contributed by atoms with E-state index in [9.17, 15) is 10.1 Å². The number of hydrogen-bond acceptors (Lipinski definition) is 6. The number of hydrogen-bond donors (Lipinski definition) is 0. The Hall–Kier alpha value is -2.26. The van der Waals surface area contributed by atoms with Crippen LogP contribution in [0.25, 0.3) is 5.78 Å². The van der Waals surface area contributed by atoms with Crippen molar-refractivity contribution in [2.45, 2.75) is 0 Å². The van der Waals surface area contributed by atoms with E-state index < -0.39 is 4.92 Å². The molecule has 0 saturated heterocycles. The first-order valence-electron chi connectivity index (χ1n) is 5.52. The average Bonchev–Trinajstić information content (AvgIpc) is 2.86. The zero-order valence-electron chi connectivity index (χ0n) is 10.1. The molecule has 0 aliphatic rings. The Morgan fingerprint density at radius 3 is 2.90 bits per heavy atom. The van der Waals surface area contributed by atoms with Gasteiger partial charge in [-0.05, 0) is 6.07 Å². The second-order valence-corrected chi connectivity index (χ2v) is 5.20. The van der Waals surface area contributed by atoms with Crippen LogP contribution in [0.4, 0.5) is 5.69 Å². The Labute approximate surface area is 130 Å². The van der Waals surface area contributed by atoms with Crippen molar-refractivity contribution >= 4 is 39.0 Å². The van der Waals surface area contributed by atoms with E-state index in [2.05, 4.69) is 31.0 Å². The topological polar surface area (TPSA) is 95.5 Å². The molecule has 0 radical (unpaired) electrons. The highest BCUT2D eigenvalue weighted by atomic mass is 79.9. The number of aromatic nitrogens is 4. The summed E-state index contributed by atoms with van der Waals surface area (Å²) in [6, 6.07) is 5.69. The van der Waals surface area contributed by atoms with E-state index in [1.165, 1.54) is 29.0 Å². The highest BCUT2D eigenvalue weighted by Crippen LogP contribution is 2.30. The van der Waals surface area contributed by atoms with Crippen LogP contribution in [0.3, 0.4) is 0 Å². The number of non-ortho nitro benzene ring substituents is 1. The summed E-state index contributed by atoms with van der Waals surface area (Å²) in [5.74, 6) is 0.770. The van der Waals surface area contributed by atoms with Crippen LogP contribution in [0.15, 0.2) is 35.1 Å². The maximum absolute atomic E-state index is 10.9. The third-order valence-electron chi connectivity index (χ3n) is 2.48. The Morgan fingerprint density at radius 2 is 2.14 bits per heavy atom. The zero-order valence-corrected chi connectivity index (χ0v) is 12.4. The molecule has 2 aromatic heterocycles. The van der Waals surface area contributed by atoms with Crippen molar-refractivity contribution in [3.05, 3.63) is 50.3 Å². The Balaban J connectivity index is 2.06. The second-order valence-electron chi connectivity index (χ2n) is 3.89. The van der Waals surface area contributed by atoms with Gasteiger partial charge in [-0.2, -0.15) is 19.6 Å². The lowest BCUT2D eigenvalue weighted by atomic mass is 10.3. The van der Waals surface area contributed by atoms with Crippen LogP contribution in [0.1, 0.15) is 0 Å². The van der Waals surface area contributed by atoms with E-state index in [4.69, 9.17) is 16.3 Å². The van der Waals surface area contributed by atoms with E-state index in [1.54, 1.807) is 6.07 Å². The van der Waals surface area contributed by atoms with Gasteiger partial charge in [0.05, 0.1) is 11.0 Å². The van der Waals surface area contributed by atoms with Gasteiger partial charge in [-0.1, -0.05) is 27.5 Å². The first-order chi connectivity index (χ1) is 10.0. The fraction of sp³-hybridized carbons (Fsp3) is 0. The van der Waals surface area contributed by atoms with Crippen LogP contribution in [-0.2, 0) is 0 Å². The first-order valence-corrected chi connectivity index (χ1v) is 6.69. The molecule has 3 aromatic rings. The van der Waals surface area contributed by atoms with Gasteiger partial charge in [0, 0.05) is 16.6 Å². The zero-order chi connectivity index (χ0) is 15.0. The van der Waals surface area contributed by atoms with Gasteiger partial charge in [0.2, 0.25) is 5.88 Å². The summed E-state index contributed by atoms with van der Waals surface area (Å²) in [5, 5.41) is 15.0. The lowest BCUT2D eigenvalue weighted by Crippen LogP contribution is -1.98. The fourth-order valence-corrected chi connectivity index (χ4v) is 2.29. The summed E-state index contributed by atoms with van der Waals surface area (Å²) in [5.41, 5.74) is -0.102. The Bertz CT molecular complexity index is 853. The van der Waals surface area contributed by atoms with Gasteiger partial charge in [-0.15, -0.1) is 0 Å². The van der Waals surface area contributed by atoms with Crippen molar-refractivity contribution in [1.82, 2.24) is 19.6 Å². The number of fused-ring (bicyclic) bond motifs is 1. The molecule has 0 aliphatic carbocycles. The monoisotopic (exact) mass is 369 g/mol. The fourth-order valence-electron chi connectivity index (χ4n) is 1.66. The minimum Gasteiger partial charge on any atom is -0.438 e. The maximum Gasteiger partial charge on any atom is 0.274 e. The summed E-state index contributed by atoms with van der Waals surface area (Å²) in [7, 11) is 0. The van der Waals surface area contributed by atoms with Crippen molar-refractivity contribution < 1.29 is 9.66 Å². The Morgan fingerprint density at radius 1 is 1.33 bits per heavy atom. The number of nitro benzene ring substituents is 1. The number of rotatable bonds is 3. The SMILES string of the molecule is O=[N+]([O-])c1cc(Br)cc(Oc2cc(Cl)nc3ncnn23)c1. The van der Waals surface area contributed by atoms with Gasteiger partial charge < -0.3 is 4.74 Å². The molecular weight excluding hydrogens is 366 g/mol. The molecular formula is C11H5BrClN5O3. The molecule has 0 aliphatic heterocycles. The van der Waals surface area contributed by atoms with Gasteiger partial charge in [0.25, 0.3) is 11.5 Å². The van der Waals surface area contributed by atoms with Crippen LogP contribution >= 0.6 is 27.5 Å². The first kappa shape index (κ1) is 13.7. The van der Waals surface area contributed by atoms with Crippen molar-refractivity contribution in [2.24, 2.45) is 0 Å². The van der Waals surface area contributed by atoms with Crippen molar-refractivity contribution in [1.29, 1.82) is 0 Å². The largest absolute Gasteiger partial charge is 0.438 e. The van der Waals surface area contributed by atoms with Gasteiger partial charge >= 0.3 is 0 Å². The van der Waals surface area contributed by atoms with Gasteiger partial charge in [0.15, 0.2) is 0 Å². The summed E-state index contributed by atoms with van der Waals surface area (Å²) < 4.78 is 7.45. The molecule has 0 spiro atoms. The quantitative estimate of drug-likeness (QED) is 0.399. The smallest absolute Gasteiger partial charge is 0.274 e. The van der Waals surface area contributed by atoms with E-state index >= 15 is 0 Å². The molecule has 106 valence electrons. The van der Waals surface area contributed by atoms with Crippen LogP contribution in [0, 0.1) is 10.1 Å². The van der Waals surface area contributed by atoms with Crippen molar-refractivity contribution in [2.75, 3.05) is 0 Å². The third-order valence-corrected chi connectivity index (χ3v) is 3.13. The molecule has 8 nitrogen and oxygen atoms in total. The predicted molar refractivity (Wildman–Crippen MR) is 76.7 cm³/mol. The molecule has 0 N–H and O–H groups in total. The number of benzene rings is 1. The maximum atomic E-state index is 10.9. The molecule has 0 atom stereocenters. The van der Waals surface area contributed by atoms with Crippen LogP contribution < -0.4 is 4.74 Å². The van der Waals surface area contributed by atoms with Crippen molar-refractivity contribution in [3.63, 3.8) is 0 Å². The predicted octanol–water partition coefficient (Wildman–Crippen LogP) is 3.24. The molecule has 2 heterocycles. The highest BCUT2D eigenvalue weighted by molar-refractivity contribution is 9.10. The molecule has 0 saturated carbocycles. The van der Waals surface area contributed by atoms with Gasteiger partial charge in [0.1, 0.15) is 17.2 Å². The normalized spacial score (nSPS) is 10.8. The van der Waals surface area contributed by atoms with E-state index in [-0.39, 0.29) is 28.2 Å². The van der Waals surface area contributed by atoms with E-state index in [1.807, 2.05) is 0 Å². The van der Waals surface area contributed by atoms with Crippen LogP contribution in [-0.4, -0.2) is 24.5 Å². The molecule has 21 heavy (non-hydrogen) atoms. The molecule has 0 unspecified atom stereocenters. The number of halogens is 2. The second kappa shape index (κ2) is 5.26. The van der Waals surface area contributed by atoms with E-state index in [0.717, 1.165) is 0 Å². The third kappa shape index (κ3) is 2.78. The molecule has 0 bridgehead atoms. The lowest BCUT2D eigenvalue weighted by Gasteiger charge is -2.07. The van der Waals surface area contributed by atoms with Crippen LogP contribution in [0.2, 0.25) is 5.15 Å². The molecule has 1 aromatic carbocycles. The average molecular weight is 371 g/mol. The minimum atomic E-state index is -0.512. The minimum absolute atomic E-state index is 0.102. The summed E-state index contributed by atoms with van der Waals surface area (Å²) >= 11 is 9.06. The van der Waals surface area contributed by atoms with Crippen molar-refractivity contribution in [3.8, 4) is 11.6 Å². The summed E-state index contributed by atoms with van der Waals surface area (Å²) in [6.07, 6.45) is 1.30. The summed E-state index contributed by atoms with van der Waals surface area (Å²) in [6.45, 7) is 0.